The van der Waals surface area contributed by atoms with E-state index >= 15 is 0 Å². The quantitative estimate of drug-likeness (QED) is 0.799. The Morgan fingerprint density at radius 1 is 1.50 bits per heavy atom. The van der Waals surface area contributed by atoms with Crippen molar-refractivity contribution >= 4 is 16.9 Å². The van der Waals surface area contributed by atoms with Crippen LogP contribution in [0.4, 0.5) is 10.2 Å². The van der Waals surface area contributed by atoms with Crippen LogP contribution in [0.25, 0.3) is 11.0 Å². The summed E-state index contributed by atoms with van der Waals surface area (Å²) >= 11 is 0. The van der Waals surface area contributed by atoms with Crippen molar-refractivity contribution in [3.63, 3.8) is 0 Å². The van der Waals surface area contributed by atoms with E-state index in [0.29, 0.717) is 19.3 Å². The molecule has 1 saturated carbocycles. The van der Waals surface area contributed by atoms with Gasteiger partial charge in [-0.15, -0.1) is 0 Å². The number of rotatable bonds is 7. The lowest BCUT2D eigenvalue weighted by Gasteiger charge is -2.05. The number of allylic oxidation sites excluding steroid dienone is 2. The minimum absolute atomic E-state index is 0.283. The molecular weight excluding hydrogens is 283 g/mol. The summed E-state index contributed by atoms with van der Waals surface area (Å²) in [6.45, 7) is 0.826. The Bertz CT molecular complexity index is 703. The van der Waals surface area contributed by atoms with Crippen LogP contribution in [0, 0.1) is 0 Å². The van der Waals surface area contributed by atoms with E-state index in [1.807, 2.05) is 23.9 Å². The van der Waals surface area contributed by atoms with Crippen LogP contribution >= 0.6 is 0 Å². The Morgan fingerprint density at radius 2 is 2.36 bits per heavy atom. The van der Waals surface area contributed by atoms with Crippen LogP contribution in [-0.4, -0.2) is 33.8 Å². The molecule has 22 heavy (non-hydrogen) atoms. The predicted molar refractivity (Wildman–Crippen MR) is 84.3 cm³/mol. The van der Waals surface area contributed by atoms with Gasteiger partial charge in [-0.05, 0) is 31.1 Å². The van der Waals surface area contributed by atoms with Crippen LogP contribution in [0.3, 0.4) is 0 Å². The molecule has 0 radical (unpaired) electrons. The van der Waals surface area contributed by atoms with Crippen molar-refractivity contribution in [1.82, 2.24) is 14.5 Å². The fourth-order valence-corrected chi connectivity index (χ4v) is 2.14. The summed E-state index contributed by atoms with van der Waals surface area (Å²) in [5.74, 6) is 0.456. The first-order valence-electron chi connectivity index (χ1n) is 7.38. The van der Waals surface area contributed by atoms with Gasteiger partial charge in [0, 0.05) is 19.8 Å². The van der Waals surface area contributed by atoms with Crippen LogP contribution in [0.5, 0.6) is 0 Å². The van der Waals surface area contributed by atoms with Crippen molar-refractivity contribution in [3.8, 4) is 0 Å². The zero-order chi connectivity index (χ0) is 15.4. The number of aryl methyl sites for hydroxylation is 1. The van der Waals surface area contributed by atoms with Gasteiger partial charge in [0.2, 0.25) is 0 Å². The maximum Gasteiger partial charge on any atom is 0.154 e. The maximum absolute atomic E-state index is 13.5. The second-order valence-corrected chi connectivity index (χ2v) is 5.29. The molecule has 0 aliphatic heterocycles. The monoisotopic (exact) mass is 302 g/mol. The molecule has 1 N–H and O–H groups in total. The zero-order valence-corrected chi connectivity index (χ0v) is 12.5. The number of hydrogen-bond acceptors (Lipinski definition) is 4. The number of nitrogens with one attached hydrogen (secondary N) is 1. The largest absolute Gasteiger partial charge is 0.374 e. The fraction of sp³-hybridized carbons (Fsp3) is 0.375. The first-order valence-corrected chi connectivity index (χ1v) is 7.38. The third kappa shape index (κ3) is 3.71. The summed E-state index contributed by atoms with van der Waals surface area (Å²) in [5.41, 5.74) is 1.82. The van der Waals surface area contributed by atoms with Gasteiger partial charge in [-0.2, -0.15) is 0 Å². The third-order valence-corrected chi connectivity index (χ3v) is 3.46. The molecule has 1 aliphatic rings. The Labute approximate surface area is 128 Å². The first kappa shape index (κ1) is 14.7. The molecule has 0 aromatic carbocycles. The molecule has 5 nitrogen and oxygen atoms in total. The number of aromatic nitrogens is 3. The maximum atomic E-state index is 13.5. The fourth-order valence-electron chi connectivity index (χ4n) is 2.14. The van der Waals surface area contributed by atoms with E-state index in [1.165, 1.54) is 18.5 Å². The minimum atomic E-state index is -0.283. The molecule has 1 aliphatic carbocycles. The lowest BCUT2D eigenvalue weighted by molar-refractivity contribution is 0.146. The second kappa shape index (κ2) is 6.70. The van der Waals surface area contributed by atoms with Crippen molar-refractivity contribution < 1.29 is 9.13 Å². The van der Waals surface area contributed by atoms with Gasteiger partial charge < -0.3 is 14.6 Å². The van der Waals surface area contributed by atoms with E-state index in [-0.39, 0.29) is 5.83 Å². The number of nitrogens with zero attached hydrogens (tertiary/aromatic N) is 3. The number of ether oxygens (including phenoxy) is 1. The molecule has 0 unspecified atom stereocenters. The Hall–Kier alpha value is -2.21. The van der Waals surface area contributed by atoms with Crippen LogP contribution in [0.1, 0.15) is 12.8 Å². The van der Waals surface area contributed by atoms with E-state index in [1.54, 1.807) is 6.08 Å². The average Bonchev–Trinajstić information content (AvgIpc) is 3.26. The van der Waals surface area contributed by atoms with E-state index < -0.39 is 0 Å². The highest BCUT2D eigenvalue weighted by Crippen LogP contribution is 2.23. The molecule has 0 bridgehead atoms. The summed E-state index contributed by atoms with van der Waals surface area (Å²) in [6, 6.07) is 1.93. The molecule has 0 amide bonds. The number of hydrogen-bond donors (Lipinski definition) is 1. The number of halogens is 1. The molecule has 0 saturated heterocycles. The Kier molecular flexibility index (Phi) is 4.48. The molecule has 1 fully saturated rings. The van der Waals surface area contributed by atoms with Gasteiger partial charge in [0.25, 0.3) is 0 Å². The molecule has 6 heteroatoms. The van der Waals surface area contributed by atoms with E-state index in [0.717, 1.165) is 29.7 Å². The predicted octanol–water partition coefficient (Wildman–Crippen LogP) is 2.97. The topological polar surface area (TPSA) is 52.0 Å². The van der Waals surface area contributed by atoms with Crippen molar-refractivity contribution in [2.45, 2.75) is 18.9 Å². The van der Waals surface area contributed by atoms with E-state index in [2.05, 4.69) is 15.3 Å². The molecule has 2 heterocycles. The van der Waals surface area contributed by atoms with Gasteiger partial charge in [0.05, 0.1) is 18.2 Å². The van der Waals surface area contributed by atoms with Gasteiger partial charge in [-0.3, -0.25) is 0 Å². The number of anilines is 1. The summed E-state index contributed by atoms with van der Waals surface area (Å²) in [4.78, 5) is 8.43. The van der Waals surface area contributed by atoms with Gasteiger partial charge in [-0.1, -0.05) is 6.08 Å². The van der Waals surface area contributed by atoms with Crippen LogP contribution in [-0.2, 0) is 11.8 Å². The van der Waals surface area contributed by atoms with Gasteiger partial charge in [0.1, 0.15) is 17.7 Å². The van der Waals surface area contributed by atoms with Crippen LogP contribution in [0.15, 0.2) is 42.6 Å². The standard InChI is InChI=1S/C16H19FN4O/c1-21-9-6-14-15(21)16(20-11-19-14)18-8-2-3-12(17)7-10-22-13-4-5-13/h2-3,6-7,9,11,13H,4-5,8,10H2,1H3,(H,18,19,20)/b3-2-,12-7+. The van der Waals surface area contributed by atoms with Crippen LogP contribution in [0.2, 0.25) is 0 Å². The Balaban J connectivity index is 1.53. The number of fused-ring (bicyclic) bond motifs is 1. The van der Waals surface area contributed by atoms with Gasteiger partial charge in [0.15, 0.2) is 5.82 Å². The molecule has 0 spiro atoms. The lowest BCUT2D eigenvalue weighted by atomic mass is 10.4. The highest BCUT2D eigenvalue weighted by atomic mass is 19.1. The lowest BCUT2D eigenvalue weighted by Crippen LogP contribution is -2.03. The molecule has 0 atom stereocenters. The highest BCUT2D eigenvalue weighted by molar-refractivity contribution is 5.86. The van der Waals surface area contributed by atoms with Crippen molar-refractivity contribution in [3.05, 3.63) is 42.6 Å². The van der Waals surface area contributed by atoms with Crippen molar-refractivity contribution in [1.29, 1.82) is 0 Å². The normalized spacial score (nSPS) is 15.8. The van der Waals surface area contributed by atoms with Crippen molar-refractivity contribution in [2.75, 3.05) is 18.5 Å². The molecule has 2 aromatic heterocycles. The summed E-state index contributed by atoms with van der Waals surface area (Å²) in [6.07, 6.45) is 10.6. The van der Waals surface area contributed by atoms with Gasteiger partial charge >= 0.3 is 0 Å². The third-order valence-electron chi connectivity index (χ3n) is 3.46. The second-order valence-electron chi connectivity index (χ2n) is 5.29. The SMILES string of the molecule is Cn1ccc2ncnc(NC/C=C\C(F)=C/COC3CC3)c21. The molecular formula is C16H19FN4O. The van der Waals surface area contributed by atoms with Crippen molar-refractivity contribution in [2.24, 2.45) is 7.05 Å². The minimum Gasteiger partial charge on any atom is -0.374 e. The Morgan fingerprint density at radius 3 is 3.18 bits per heavy atom. The van der Waals surface area contributed by atoms with E-state index in [4.69, 9.17) is 4.74 Å². The molecule has 3 rings (SSSR count). The smallest absolute Gasteiger partial charge is 0.154 e. The summed E-state index contributed by atoms with van der Waals surface area (Å²) in [7, 11) is 1.94. The highest BCUT2D eigenvalue weighted by Gasteiger charge is 2.21. The molecule has 2 aromatic rings. The summed E-state index contributed by atoms with van der Waals surface area (Å²) < 4.78 is 20.8. The van der Waals surface area contributed by atoms with E-state index in [9.17, 15) is 4.39 Å². The van der Waals surface area contributed by atoms with Crippen LogP contribution < -0.4 is 5.32 Å². The summed E-state index contributed by atoms with van der Waals surface area (Å²) in [5, 5.41) is 3.17. The molecule has 116 valence electrons. The van der Waals surface area contributed by atoms with Gasteiger partial charge in [-0.25, -0.2) is 14.4 Å². The first-order chi connectivity index (χ1) is 10.7. The average molecular weight is 302 g/mol. The zero-order valence-electron chi connectivity index (χ0n) is 12.5.